The summed E-state index contributed by atoms with van der Waals surface area (Å²) in [6.07, 6.45) is 1.80. The molecule has 1 heterocycles. The van der Waals surface area contributed by atoms with Gasteiger partial charge in [-0.15, -0.1) is 0 Å². The first kappa shape index (κ1) is 10.8. The van der Waals surface area contributed by atoms with Gasteiger partial charge >= 0.3 is 0 Å². The Morgan fingerprint density at radius 2 is 2.43 bits per heavy atom. The van der Waals surface area contributed by atoms with Crippen LogP contribution in [-0.2, 0) is 17.8 Å². The van der Waals surface area contributed by atoms with E-state index in [1.807, 2.05) is 13.8 Å². The molecule has 1 atom stereocenters. The Bertz CT molecular complexity index is 308. The summed E-state index contributed by atoms with van der Waals surface area (Å²) in [6, 6.07) is 0. The van der Waals surface area contributed by atoms with Crippen LogP contribution in [0.1, 0.15) is 19.7 Å². The monoisotopic (exact) mass is 196 g/mol. The third kappa shape index (κ3) is 2.38. The topological polar surface area (TPSA) is 73.8 Å². The second-order valence-electron chi connectivity index (χ2n) is 3.27. The Kier molecular flexibility index (Phi) is 3.76. The maximum atomic E-state index is 11.5. The van der Waals surface area contributed by atoms with E-state index in [1.165, 1.54) is 6.33 Å². The van der Waals surface area contributed by atoms with Crippen molar-refractivity contribution in [3.63, 3.8) is 0 Å². The smallest absolute Gasteiger partial charge is 0.144 e. The molecule has 0 spiro atoms. The molecule has 0 fully saturated rings. The number of aryl methyl sites for hydroxylation is 1. The first-order valence-electron chi connectivity index (χ1n) is 4.78. The number of ketones is 1. The van der Waals surface area contributed by atoms with Crippen molar-refractivity contribution >= 4 is 5.78 Å². The molecule has 0 aliphatic rings. The average molecular weight is 196 g/mol. The molecule has 0 radical (unpaired) electrons. The van der Waals surface area contributed by atoms with Gasteiger partial charge in [0.2, 0.25) is 0 Å². The molecule has 1 rings (SSSR count). The Hall–Kier alpha value is -1.23. The summed E-state index contributed by atoms with van der Waals surface area (Å²) < 4.78 is 1.72. The van der Waals surface area contributed by atoms with Crippen LogP contribution in [0.3, 0.4) is 0 Å². The largest absolute Gasteiger partial charge is 0.330 e. The van der Waals surface area contributed by atoms with Crippen molar-refractivity contribution in [1.82, 2.24) is 14.8 Å². The summed E-state index contributed by atoms with van der Waals surface area (Å²) in [5.41, 5.74) is 5.41. The van der Waals surface area contributed by atoms with Crippen molar-refractivity contribution in [3.05, 3.63) is 12.2 Å². The van der Waals surface area contributed by atoms with Crippen molar-refractivity contribution in [3.8, 4) is 0 Å². The van der Waals surface area contributed by atoms with Gasteiger partial charge in [-0.25, -0.2) is 9.67 Å². The highest BCUT2D eigenvalue weighted by atomic mass is 16.1. The van der Waals surface area contributed by atoms with E-state index in [9.17, 15) is 4.79 Å². The summed E-state index contributed by atoms with van der Waals surface area (Å²) in [4.78, 5) is 15.6. The molecule has 2 N–H and O–H groups in total. The van der Waals surface area contributed by atoms with Crippen LogP contribution >= 0.6 is 0 Å². The van der Waals surface area contributed by atoms with Crippen molar-refractivity contribution in [2.45, 2.75) is 26.8 Å². The maximum absolute atomic E-state index is 11.5. The first-order valence-corrected chi connectivity index (χ1v) is 4.78. The molecule has 0 aliphatic heterocycles. The molecular formula is C9H16N4O. The fourth-order valence-corrected chi connectivity index (χ4v) is 1.15. The molecule has 0 saturated carbocycles. The number of hydrogen-bond donors (Lipinski definition) is 1. The summed E-state index contributed by atoms with van der Waals surface area (Å²) in [5, 5.41) is 3.99. The van der Waals surface area contributed by atoms with Crippen molar-refractivity contribution in [2.75, 3.05) is 6.54 Å². The lowest BCUT2D eigenvalue weighted by Crippen LogP contribution is -2.23. The molecule has 0 aliphatic carbocycles. The van der Waals surface area contributed by atoms with Crippen molar-refractivity contribution in [1.29, 1.82) is 0 Å². The molecule has 0 bridgehead atoms. The second-order valence-corrected chi connectivity index (χ2v) is 3.27. The Labute approximate surface area is 83.3 Å². The van der Waals surface area contributed by atoms with Gasteiger partial charge in [0, 0.05) is 19.0 Å². The second kappa shape index (κ2) is 4.85. The summed E-state index contributed by atoms with van der Waals surface area (Å²) in [7, 11) is 0. The molecule has 5 nitrogen and oxygen atoms in total. The highest BCUT2D eigenvalue weighted by molar-refractivity contribution is 5.82. The molecule has 0 aromatic carbocycles. The van der Waals surface area contributed by atoms with E-state index < -0.39 is 0 Å². The molecule has 78 valence electrons. The zero-order valence-corrected chi connectivity index (χ0v) is 8.60. The van der Waals surface area contributed by atoms with E-state index >= 15 is 0 Å². The van der Waals surface area contributed by atoms with Gasteiger partial charge in [0.15, 0.2) is 0 Å². The number of Topliss-reactive ketones (excluding diaryl/α,β-unsaturated/α-hetero) is 1. The Balaban J connectivity index is 2.64. The predicted molar refractivity (Wildman–Crippen MR) is 52.6 cm³/mol. The molecule has 0 amide bonds. The van der Waals surface area contributed by atoms with Crippen LogP contribution < -0.4 is 5.73 Å². The Morgan fingerprint density at radius 3 is 3.00 bits per heavy atom. The predicted octanol–water partition coefficient (Wildman–Crippen LogP) is 0.00440. The summed E-state index contributed by atoms with van der Waals surface area (Å²) in [5.74, 6) is 0.741. The third-order valence-corrected chi connectivity index (χ3v) is 2.23. The zero-order valence-electron chi connectivity index (χ0n) is 8.60. The normalized spacial score (nSPS) is 12.8. The number of hydrogen-bond acceptors (Lipinski definition) is 4. The quantitative estimate of drug-likeness (QED) is 0.719. The SMILES string of the molecule is CCn1ncnc1CC(=O)C(C)CN. The lowest BCUT2D eigenvalue weighted by atomic mass is 10.0. The van der Waals surface area contributed by atoms with Gasteiger partial charge in [0.05, 0.1) is 6.42 Å². The first-order chi connectivity index (χ1) is 6.69. The molecule has 1 unspecified atom stereocenters. The molecule has 1 aromatic rings. The van der Waals surface area contributed by atoms with Crippen LogP contribution in [0.25, 0.3) is 0 Å². The standard InChI is InChI=1S/C9H16N4O/c1-3-13-9(11-6-12-13)4-8(14)7(2)5-10/h6-7H,3-5,10H2,1-2H3. The minimum absolute atomic E-state index is 0.1000. The molecule has 1 aromatic heterocycles. The van der Waals surface area contributed by atoms with Gasteiger partial charge in [-0.2, -0.15) is 5.10 Å². The average Bonchev–Trinajstić information content (AvgIpc) is 2.63. The van der Waals surface area contributed by atoms with E-state index in [2.05, 4.69) is 10.1 Å². The van der Waals surface area contributed by atoms with Gasteiger partial charge in [0.1, 0.15) is 17.9 Å². The van der Waals surface area contributed by atoms with Gasteiger partial charge in [-0.05, 0) is 6.92 Å². The van der Waals surface area contributed by atoms with E-state index in [1.54, 1.807) is 4.68 Å². The summed E-state index contributed by atoms with van der Waals surface area (Å²) >= 11 is 0. The van der Waals surface area contributed by atoms with E-state index in [0.29, 0.717) is 13.0 Å². The highest BCUT2D eigenvalue weighted by Gasteiger charge is 2.14. The van der Waals surface area contributed by atoms with Crippen LogP contribution in [0, 0.1) is 5.92 Å². The van der Waals surface area contributed by atoms with Crippen molar-refractivity contribution < 1.29 is 4.79 Å². The molecule has 5 heteroatoms. The van der Waals surface area contributed by atoms with Crippen LogP contribution in [0.15, 0.2) is 6.33 Å². The molecule has 0 saturated heterocycles. The lowest BCUT2D eigenvalue weighted by Gasteiger charge is -2.06. The van der Waals surface area contributed by atoms with E-state index in [-0.39, 0.29) is 11.7 Å². The van der Waals surface area contributed by atoms with Gasteiger partial charge in [0.25, 0.3) is 0 Å². The fourth-order valence-electron chi connectivity index (χ4n) is 1.15. The van der Waals surface area contributed by atoms with E-state index in [0.717, 1.165) is 12.4 Å². The van der Waals surface area contributed by atoms with Crippen LogP contribution in [0.2, 0.25) is 0 Å². The number of carbonyl (C=O) groups is 1. The number of aromatic nitrogens is 3. The minimum atomic E-state index is -0.1000. The fraction of sp³-hybridized carbons (Fsp3) is 0.667. The van der Waals surface area contributed by atoms with Crippen molar-refractivity contribution in [2.24, 2.45) is 11.7 Å². The van der Waals surface area contributed by atoms with E-state index in [4.69, 9.17) is 5.73 Å². The van der Waals surface area contributed by atoms with Crippen LogP contribution in [-0.4, -0.2) is 27.1 Å². The van der Waals surface area contributed by atoms with Gasteiger partial charge < -0.3 is 5.73 Å². The third-order valence-electron chi connectivity index (χ3n) is 2.23. The molecule has 14 heavy (non-hydrogen) atoms. The van der Waals surface area contributed by atoms with Crippen LogP contribution in [0.5, 0.6) is 0 Å². The maximum Gasteiger partial charge on any atom is 0.144 e. The lowest BCUT2D eigenvalue weighted by molar-refractivity contribution is -0.121. The van der Waals surface area contributed by atoms with Gasteiger partial charge in [-0.3, -0.25) is 4.79 Å². The number of nitrogens with two attached hydrogens (primary N) is 1. The minimum Gasteiger partial charge on any atom is -0.330 e. The Morgan fingerprint density at radius 1 is 1.71 bits per heavy atom. The summed E-state index contributed by atoms with van der Waals surface area (Å²) in [6.45, 7) is 4.92. The van der Waals surface area contributed by atoms with Crippen LogP contribution in [0.4, 0.5) is 0 Å². The molecular weight excluding hydrogens is 180 g/mol. The highest BCUT2D eigenvalue weighted by Crippen LogP contribution is 2.02. The van der Waals surface area contributed by atoms with Gasteiger partial charge in [-0.1, -0.05) is 6.92 Å². The number of carbonyl (C=O) groups excluding carboxylic acids is 1. The number of nitrogens with zero attached hydrogens (tertiary/aromatic N) is 3. The number of rotatable bonds is 5. The zero-order chi connectivity index (χ0) is 10.6.